The van der Waals surface area contributed by atoms with Gasteiger partial charge in [-0.05, 0) is 36.8 Å². The molecule has 0 fully saturated rings. The van der Waals surface area contributed by atoms with Gasteiger partial charge in [0.1, 0.15) is 0 Å². The minimum atomic E-state index is -0.676. The molecule has 0 bridgehead atoms. The van der Waals surface area contributed by atoms with Crippen LogP contribution in [0.2, 0.25) is 5.02 Å². The third kappa shape index (κ3) is 5.37. The lowest BCUT2D eigenvalue weighted by Crippen LogP contribution is -2.20. The molecule has 3 amide bonds. The van der Waals surface area contributed by atoms with Crippen molar-refractivity contribution in [2.24, 2.45) is 5.73 Å². The predicted molar refractivity (Wildman–Crippen MR) is 106 cm³/mol. The molecule has 0 aliphatic heterocycles. The first-order valence-corrected chi connectivity index (χ1v) is 8.57. The number of carbonyl (C=O) groups excluding carboxylic acids is 3. The summed E-state index contributed by atoms with van der Waals surface area (Å²) in [5.74, 6) is -1.14. The average Bonchev–Trinajstić information content (AvgIpc) is 2.61. The molecule has 0 aromatic heterocycles. The normalized spacial score (nSPS) is 10.1. The van der Waals surface area contributed by atoms with E-state index in [9.17, 15) is 14.4 Å². The number of primary amides is 1. The van der Waals surface area contributed by atoms with Crippen LogP contribution in [0.25, 0.3) is 0 Å². The van der Waals surface area contributed by atoms with Crippen LogP contribution < -0.4 is 25.8 Å². The van der Waals surface area contributed by atoms with Crippen molar-refractivity contribution in [3.63, 3.8) is 0 Å². The Bertz CT molecular complexity index is 930. The monoisotopic (exact) mass is 405 g/mol. The maximum atomic E-state index is 12.7. The molecule has 2 rings (SSSR count). The van der Waals surface area contributed by atoms with Gasteiger partial charge in [-0.2, -0.15) is 0 Å². The van der Waals surface area contributed by atoms with Gasteiger partial charge >= 0.3 is 0 Å². The Morgan fingerprint density at radius 1 is 1.11 bits per heavy atom. The molecule has 0 aliphatic carbocycles. The SMILES string of the molecule is COc1cc(C(=O)Nc2cc(C)ccc2NC(C)=O)cc(Cl)c1OCC(N)=O. The van der Waals surface area contributed by atoms with E-state index in [1.165, 1.54) is 26.2 Å². The number of nitrogens with one attached hydrogen (secondary N) is 2. The number of benzene rings is 2. The van der Waals surface area contributed by atoms with Crippen LogP contribution in [-0.4, -0.2) is 31.4 Å². The standard InChI is InChI=1S/C19H20ClN3O5/c1-10-4-5-14(22-11(2)24)15(6-10)23-19(26)12-7-13(20)18(16(8-12)27-3)28-9-17(21)25/h4-8H,9H2,1-3H3,(H2,21,25)(H,22,24)(H,23,26). The minimum Gasteiger partial charge on any atom is -0.493 e. The summed E-state index contributed by atoms with van der Waals surface area (Å²) in [7, 11) is 1.37. The number of anilines is 2. The quantitative estimate of drug-likeness (QED) is 0.654. The van der Waals surface area contributed by atoms with Crippen molar-refractivity contribution in [3.05, 3.63) is 46.5 Å². The molecule has 0 atom stereocenters. The smallest absolute Gasteiger partial charge is 0.255 e. The van der Waals surface area contributed by atoms with Crippen LogP contribution >= 0.6 is 11.6 Å². The molecule has 0 saturated heterocycles. The fraction of sp³-hybridized carbons (Fsp3) is 0.211. The van der Waals surface area contributed by atoms with Crippen LogP contribution in [0.4, 0.5) is 11.4 Å². The zero-order valence-electron chi connectivity index (χ0n) is 15.6. The molecule has 28 heavy (non-hydrogen) atoms. The molecule has 148 valence electrons. The zero-order chi connectivity index (χ0) is 20.8. The summed E-state index contributed by atoms with van der Waals surface area (Å²) in [6, 6.07) is 8.04. The summed E-state index contributed by atoms with van der Waals surface area (Å²) in [4.78, 5) is 35.0. The molecule has 9 heteroatoms. The Hall–Kier alpha value is -3.26. The van der Waals surface area contributed by atoms with Gasteiger partial charge in [0.15, 0.2) is 18.1 Å². The first kappa shape index (κ1) is 21.0. The van der Waals surface area contributed by atoms with Crippen molar-refractivity contribution in [1.82, 2.24) is 0 Å². The van der Waals surface area contributed by atoms with Crippen LogP contribution in [0.1, 0.15) is 22.8 Å². The third-order valence-electron chi connectivity index (χ3n) is 3.58. The summed E-state index contributed by atoms with van der Waals surface area (Å²) in [6.07, 6.45) is 0. The number of rotatable bonds is 7. The lowest BCUT2D eigenvalue weighted by Gasteiger charge is -2.15. The highest BCUT2D eigenvalue weighted by atomic mass is 35.5. The number of ether oxygens (including phenoxy) is 2. The summed E-state index contributed by atoms with van der Waals surface area (Å²) >= 11 is 6.18. The Labute approximate surface area is 166 Å². The molecule has 0 heterocycles. The summed E-state index contributed by atoms with van der Waals surface area (Å²) in [5, 5.41) is 5.48. The van der Waals surface area contributed by atoms with Gasteiger partial charge in [0.25, 0.3) is 11.8 Å². The maximum Gasteiger partial charge on any atom is 0.255 e. The predicted octanol–water partition coefficient (Wildman–Crippen LogP) is 2.73. The molecule has 0 spiro atoms. The fourth-order valence-corrected chi connectivity index (χ4v) is 2.65. The van der Waals surface area contributed by atoms with Gasteiger partial charge in [-0.15, -0.1) is 0 Å². The van der Waals surface area contributed by atoms with E-state index >= 15 is 0 Å². The molecule has 8 nitrogen and oxygen atoms in total. The highest BCUT2D eigenvalue weighted by Gasteiger charge is 2.18. The number of nitrogens with two attached hydrogens (primary N) is 1. The Morgan fingerprint density at radius 3 is 2.43 bits per heavy atom. The number of aryl methyl sites for hydroxylation is 1. The minimum absolute atomic E-state index is 0.0806. The van der Waals surface area contributed by atoms with Crippen LogP contribution in [-0.2, 0) is 9.59 Å². The van der Waals surface area contributed by atoms with E-state index < -0.39 is 11.8 Å². The number of methoxy groups -OCH3 is 1. The van der Waals surface area contributed by atoms with Crippen LogP contribution in [0.3, 0.4) is 0 Å². The summed E-state index contributed by atoms with van der Waals surface area (Å²) in [5.41, 5.74) is 7.06. The van der Waals surface area contributed by atoms with Crippen molar-refractivity contribution < 1.29 is 23.9 Å². The van der Waals surface area contributed by atoms with Gasteiger partial charge < -0.3 is 25.8 Å². The van der Waals surface area contributed by atoms with Crippen molar-refractivity contribution in [2.75, 3.05) is 24.4 Å². The first-order valence-electron chi connectivity index (χ1n) is 8.19. The van der Waals surface area contributed by atoms with E-state index in [1.807, 2.05) is 13.0 Å². The molecule has 2 aromatic rings. The van der Waals surface area contributed by atoms with Gasteiger partial charge in [-0.25, -0.2) is 0 Å². The molecule has 4 N–H and O–H groups in total. The molecule has 0 radical (unpaired) electrons. The number of hydrogen-bond donors (Lipinski definition) is 3. The van der Waals surface area contributed by atoms with Crippen molar-refractivity contribution >= 4 is 40.7 Å². The van der Waals surface area contributed by atoms with Crippen molar-refractivity contribution in [1.29, 1.82) is 0 Å². The van der Waals surface area contributed by atoms with E-state index in [0.29, 0.717) is 11.4 Å². The number of amides is 3. The van der Waals surface area contributed by atoms with Crippen molar-refractivity contribution in [3.8, 4) is 11.5 Å². The second-order valence-electron chi connectivity index (χ2n) is 5.93. The van der Waals surface area contributed by atoms with Crippen LogP contribution in [0, 0.1) is 6.92 Å². The highest BCUT2D eigenvalue weighted by Crippen LogP contribution is 2.36. The first-order chi connectivity index (χ1) is 13.2. The van der Waals surface area contributed by atoms with Crippen LogP contribution in [0.5, 0.6) is 11.5 Å². The van der Waals surface area contributed by atoms with E-state index in [0.717, 1.165) is 5.56 Å². The molecular formula is C19H20ClN3O5. The largest absolute Gasteiger partial charge is 0.493 e. The van der Waals surface area contributed by atoms with Crippen molar-refractivity contribution in [2.45, 2.75) is 13.8 Å². The molecule has 0 saturated carbocycles. The van der Waals surface area contributed by atoms with Gasteiger partial charge in [-0.3, -0.25) is 14.4 Å². The number of carbonyl (C=O) groups is 3. The highest BCUT2D eigenvalue weighted by molar-refractivity contribution is 6.32. The second kappa shape index (κ2) is 9.09. The topological polar surface area (TPSA) is 120 Å². The van der Waals surface area contributed by atoms with Gasteiger partial charge in [0, 0.05) is 12.5 Å². The van der Waals surface area contributed by atoms with Gasteiger partial charge in [0.2, 0.25) is 5.91 Å². The van der Waals surface area contributed by atoms with E-state index in [-0.39, 0.29) is 34.6 Å². The summed E-state index contributed by atoms with van der Waals surface area (Å²) < 4.78 is 10.4. The Kier molecular flexibility index (Phi) is 6.84. The lowest BCUT2D eigenvalue weighted by atomic mass is 10.1. The second-order valence-corrected chi connectivity index (χ2v) is 6.34. The summed E-state index contributed by atoms with van der Waals surface area (Å²) in [6.45, 7) is 2.85. The third-order valence-corrected chi connectivity index (χ3v) is 3.87. The van der Waals surface area contributed by atoms with E-state index in [2.05, 4.69) is 10.6 Å². The zero-order valence-corrected chi connectivity index (χ0v) is 16.3. The number of halogens is 1. The molecule has 2 aromatic carbocycles. The van der Waals surface area contributed by atoms with Gasteiger partial charge in [-0.1, -0.05) is 17.7 Å². The number of hydrogen-bond acceptors (Lipinski definition) is 5. The van der Waals surface area contributed by atoms with E-state index in [4.69, 9.17) is 26.8 Å². The fourth-order valence-electron chi connectivity index (χ4n) is 2.39. The Balaban J connectivity index is 2.32. The maximum absolute atomic E-state index is 12.7. The van der Waals surface area contributed by atoms with E-state index in [1.54, 1.807) is 12.1 Å². The van der Waals surface area contributed by atoms with Gasteiger partial charge in [0.05, 0.1) is 23.5 Å². The molecule has 0 aliphatic rings. The molecular weight excluding hydrogens is 386 g/mol. The lowest BCUT2D eigenvalue weighted by molar-refractivity contribution is -0.120. The average molecular weight is 406 g/mol. The molecule has 0 unspecified atom stereocenters. The Morgan fingerprint density at radius 2 is 1.82 bits per heavy atom. The van der Waals surface area contributed by atoms with Crippen LogP contribution in [0.15, 0.2) is 30.3 Å².